The van der Waals surface area contributed by atoms with E-state index in [4.69, 9.17) is 0 Å². The first kappa shape index (κ1) is 16.3. The molecule has 0 bridgehead atoms. The molecule has 0 radical (unpaired) electrons. The van der Waals surface area contributed by atoms with Crippen LogP contribution in [0.3, 0.4) is 0 Å². The molecule has 0 unspecified atom stereocenters. The molecule has 0 fully saturated rings. The normalized spacial score (nSPS) is 11.0. The zero-order valence-corrected chi connectivity index (χ0v) is 14.6. The molecule has 0 aromatic heterocycles. The summed E-state index contributed by atoms with van der Waals surface area (Å²) in [5, 5.41) is 10.3. The molecule has 3 rings (SSSR count). The fraction of sp³-hybridized carbons (Fsp3) is 0.217. The first-order valence-electron chi connectivity index (χ1n) is 8.61. The minimum absolute atomic E-state index is 0.322. The van der Waals surface area contributed by atoms with Crippen molar-refractivity contribution in [2.75, 3.05) is 0 Å². The lowest BCUT2D eigenvalue weighted by Crippen LogP contribution is -1.94. The van der Waals surface area contributed by atoms with Crippen LogP contribution in [0.1, 0.15) is 37.8 Å². The maximum absolute atomic E-state index is 10.3. The maximum Gasteiger partial charge on any atom is 0.123 e. The Bertz CT molecular complexity index is 832. The van der Waals surface area contributed by atoms with E-state index in [2.05, 4.69) is 45.0 Å². The van der Waals surface area contributed by atoms with Crippen LogP contribution in [0.2, 0.25) is 0 Å². The van der Waals surface area contributed by atoms with E-state index in [0.717, 1.165) is 23.1 Å². The van der Waals surface area contributed by atoms with E-state index in [-0.39, 0.29) is 0 Å². The second kappa shape index (κ2) is 6.92. The molecule has 24 heavy (non-hydrogen) atoms. The van der Waals surface area contributed by atoms with Crippen LogP contribution in [-0.4, -0.2) is 5.11 Å². The first-order chi connectivity index (χ1) is 11.6. The Kier molecular flexibility index (Phi) is 4.71. The molecule has 0 amide bonds. The third-order valence-electron chi connectivity index (χ3n) is 4.57. The molecular weight excluding hydrogens is 292 g/mol. The highest BCUT2D eigenvalue weighted by Gasteiger charge is 2.11. The first-order valence-corrected chi connectivity index (χ1v) is 8.61. The average Bonchev–Trinajstić information content (AvgIpc) is 2.62. The fourth-order valence-corrected chi connectivity index (χ4v) is 3.08. The molecule has 122 valence electrons. The topological polar surface area (TPSA) is 20.2 Å². The molecule has 0 spiro atoms. The van der Waals surface area contributed by atoms with Crippen LogP contribution < -0.4 is 0 Å². The highest BCUT2D eigenvalue weighted by Crippen LogP contribution is 2.35. The van der Waals surface area contributed by atoms with Crippen LogP contribution in [0, 0.1) is 0 Å². The van der Waals surface area contributed by atoms with Crippen molar-refractivity contribution < 1.29 is 5.11 Å². The summed E-state index contributed by atoms with van der Waals surface area (Å²) in [6.07, 6.45) is 0.995. The van der Waals surface area contributed by atoms with E-state index >= 15 is 0 Å². The van der Waals surface area contributed by atoms with Crippen molar-refractivity contribution in [3.05, 3.63) is 77.9 Å². The van der Waals surface area contributed by atoms with Crippen molar-refractivity contribution in [3.63, 3.8) is 0 Å². The van der Waals surface area contributed by atoms with Crippen molar-refractivity contribution in [2.45, 2.75) is 33.1 Å². The van der Waals surface area contributed by atoms with Gasteiger partial charge in [0, 0.05) is 5.56 Å². The van der Waals surface area contributed by atoms with Crippen LogP contribution in [-0.2, 0) is 6.42 Å². The van der Waals surface area contributed by atoms with Crippen molar-refractivity contribution in [1.29, 1.82) is 0 Å². The summed E-state index contributed by atoms with van der Waals surface area (Å²) in [6, 6.07) is 22.7. The SMILES string of the molecule is CCc1ccc(C(C)C)cc1-c1ccc(O)c(-c2ccccc2)c1. The molecule has 0 saturated carbocycles. The van der Waals surface area contributed by atoms with Crippen molar-refractivity contribution in [2.24, 2.45) is 0 Å². The second-order valence-electron chi connectivity index (χ2n) is 6.52. The summed E-state index contributed by atoms with van der Waals surface area (Å²) < 4.78 is 0. The molecule has 0 aliphatic rings. The lowest BCUT2D eigenvalue weighted by molar-refractivity contribution is 0.477. The van der Waals surface area contributed by atoms with Gasteiger partial charge in [-0.15, -0.1) is 0 Å². The maximum atomic E-state index is 10.3. The molecule has 0 saturated heterocycles. The molecule has 1 heteroatoms. The van der Waals surface area contributed by atoms with Gasteiger partial charge in [0.15, 0.2) is 0 Å². The van der Waals surface area contributed by atoms with E-state index in [0.29, 0.717) is 11.7 Å². The minimum atomic E-state index is 0.322. The Balaban J connectivity index is 2.15. The number of aromatic hydroxyl groups is 1. The highest BCUT2D eigenvalue weighted by atomic mass is 16.3. The molecule has 3 aromatic carbocycles. The van der Waals surface area contributed by atoms with Gasteiger partial charge >= 0.3 is 0 Å². The third kappa shape index (κ3) is 3.21. The zero-order chi connectivity index (χ0) is 17.1. The number of benzene rings is 3. The van der Waals surface area contributed by atoms with Gasteiger partial charge in [0.2, 0.25) is 0 Å². The van der Waals surface area contributed by atoms with Gasteiger partial charge in [-0.2, -0.15) is 0 Å². The van der Waals surface area contributed by atoms with Crippen LogP contribution in [0.4, 0.5) is 0 Å². The van der Waals surface area contributed by atoms with Gasteiger partial charge in [-0.05, 0) is 52.3 Å². The number of phenolic OH excluding ortho intramolecular Hbond substituents is 1. The van der Waals surface area contributed by atoms with Crippen molar-refractivity contribution in [1.82, 2.24) is 0 Å². The monoisotopic (exact) mass is 316 g/mol. The molecule has 1 nitrogen and oxygen atoms in total. The summed E-state index contributed by atoms with van der Waals surface area (Å²) in [6.45, 7) is 6.63. The Morgan fingerprint density at radius 2 is 1.54 bits per heavy atom. The molecule has 1 N–H and O–H groups in total. The van der Waals surface area contributed by atoms with Gasteiger partial charge in [0.25, 0.3) is 0 Å². The lowest BCUT2D eigenvalue weighted by Gasteiger charge is -2.15. The summed E-state index contributed by atoms with van der Waals surface area (Å²) in [5.41, 5.74) is 7.02. The van der Waals surface area contributed by atoms with Crippen LogP contribution >= 0.6 is 0 Å². The molecule has 0 atom stereocenters. The predicted molar refractivity (Wildman–Crippen MR) is 102 cm³/mol. The number of rotatable bonds is 4. The summed E-state index contributed by atoms with van der Waals surface area (Å²) in [7, 11) is 0. The average molecular weight is 316 g/mol. The summed E-state index contributed by atoms with van der Waals surface area (Å²) >= 11 is 0. The highest BCUT2D eigenvalue weighted by molar-refractivity contribution is 5.79. The zero-order valence-electron chi connectivity index (χ0n) is 14.6. The van der Waals surface area contributed by atoms with E-state index in [1.807, 2.05) is 36.4 Å². The van der Waals surface area contributed by atoms with Crippen LogP contribution in [0.15, 0.2) is 66.7 Å². The predicted octanol–water partition coefficient (Wildman–Crippen LogP) is 6.41. The van der Waals surface area contributed by atoms with Gasteiger partial charge in [0.1, 0.15) is 5.75 Å². The molecule has 0 heterocycles. The van der Waals surface area contributed by atoms with E-state index in [1.165, 1.54) is 16.7 Å². The molecule has 3 aromatic rings. The van der Waals surface area contributed by atoms with Gasteiger partial charge in [0.05, 0.1) is 0 Å². The molecular formula is C23H24O. The fourth-order valence-electron chi connectivity index (χ4n) is 3.08. The molecule has 0 aliphatic heterocycles. The lowest BCUT2D eigenvalue weighted by atomic mass is 9.90. The largest absolute Gasteiger partial charge is 0.507 e. The van der Waals surface area contributed by atoms with E-state index < -0.39 is 0 Å². The van der Waals surface area contributed by atoms with Crippen LogP contribution in [0.5, 0.6) is 5.75 Å². The third-order valence-corrected chi connectivity index (χ3v) is 4.57. The van der Waals surface area contributed by atoms with Crippen molar-refractivity contribution in [3.8, 4) is 28.0 Å². The van der Waals surface area contributed by atoms with Gasteiger partial charge < -0.3 is 5.11 Å². The Morgan fingerprint density at radius 1 is 0.792 bits per heavy atom. The Labute approximate surface area is 144 Å². The smallest absolute Gasteiger partial charge is 0.123 e. The van der Waals surface area contributed by atoms with E-state index in [9.17, 15) is 5.11 Å². The summed E-state index contributed by atoms with van der Waals surface area (Å²) in [4.78, 5) is 0. The molecule has 0 aliphatic carbocycles. The van der Waals surface area contributed by atoms with Gasteiger partial charge in [-0.25, -0.2) is 0 Å². The number of aryl methyl sites for hydroxylation is 1. The minimum Gasteiger partial charge on any atom is -0.507 e. The van der Waals surface area contributed by atoms with Gasteiger partial charge in [-0.1, -0.05) is 75.4 Å². The standard InChI is InChI=1S/C23H24O/c1-4-17-10-11-19(16(2)3)14-21(17)20-12-13-23(24)22(15-20)18-8-6-5-7-9-18/h5-16,24H,4H2,1-3H3. The number of hydrogen-bond donors (Lipinski definition) is 1. The number of phenols is 1. The quantitative estimate of drug-likeness (QED) is 0.589. The second-order valence-corrected chi connectivity index (χ2v) is 6.52. The van der Waals surface area contributed by atoms with Gasteiger partial charge in [-0.3, -0.25) is 0 Å². The Morgan fingerprint density at radius 3 is 2.21 bits per heavy atom. The summed E-state index contributed by atoms with van der Waals surface area (Å²) in [5.74, 6) is 0.823. The Hall–Kier alpha value is -2.54. The van der Waals surface area contributed by atoms with Crippen molar-refractivity contribution >= 4 is 0 Å². The van der Waals surface area contributed by atoms with Crippen LogP contribution in [0.25, 0.3) is 22.3 Å². The van der Waals surface area contributed by atoms with E-state index in [1.54, 1.807) is 6.07 Å². The number of hydrogen-bond acceptors (Lipinski definition) is 1.